The average molecular weight is 528 g/mol. The van der Waals surface area contributed by atoms with Gasteiger partial charge in [0, 0.05) is 10.4 Å². The van der Waals surface area contributed by atoms with E-state index in [1.54, 1.807) is 12.1 Å². The Labute approximate surface area is 209 Å². The van der Waals surface area contributed by atoms with E-state index >= 15 is 0 Å². The van der Waals surface area contributed by atoms with Crippen molar-refractivity contribution in [2.45, 2.75) is 13.0 Å². The molecule has 0 bridgehead atoms. The van der Waals surface area contributed by atoms with E-state index in [1.807, 2.05) is 0 Å². The number of rotatable bonds is 5. The van der Waals surface area contributed by atoms with Crippen molar-refractivity contribution in [1.82, 2.24) is 25.0 Å². The van der Waals surface area contributed by atoms with Crippen LogP contribution in [-0.2, 0) is 0 Å². The molecule has 0 saturated carbocycles. The van der Waals surface area contributed by atoms with E-state index in [1.165, 1.54) is 48.6 Å². The average Bonchev–Trinajstić information content (AvgIpc) is 3.47. The summed E-state index contributed by atoms with van der Waals surface area (Å²) in [7, 11) is 0. The number of hydrogen-bond donors (Lipinski definition) is 3. The molecule has 182 valence electrons. The largest absolute Gasteiger partial charge is 0.438 e. The van der Waals surface area contributed by atoms with Crippen molar-refractivity contribution in [3.8, 4) is 5.69 Å². The first kappa shape index (κ1) is 23.5. The maximum Gasteiger partial charge on any atom is 0.438 e. The fourth-order valence-corrected chi connectivity index (χ4v) is 4.80. The van der Waals surface area contributed by atoms with Gasteiger partial charge in [-0.15, -0.1) is 11.3 Å². The number of H-pyrrole nitrogens is 2. The third-order valence-corrected chi connectivity index (χ3v) is 6.75. The van der Waals surface area contributed by atoms with Gasteiger partial charge in [0.2, 0.25) is 0 Å². The number of fused-ring (bicyclic) bond motifs is 1. The second-order valence-corrected chi connectivity index (χ2v) is 9.54. The van der Waals surface area contributed by atoms with E-state index in [-0.39, 0.29) is 28.0 Å². The number of hydrogen-bond acceptors (Lipinski definition) is 7. The summed E-state index contributed by atoms with van der Waals surface area (Å²) < 4.78 is 19.9. The van der Waals surface area contributed by atoms with Crippen LogP contribution in [0.25, 0.3) is 16.6 Å². The van der Waals surface area contributed by atoms with Crippen LogP contribution in [0.3, 0.4) is 0 Å². The summed E-state index contributed by atoms with van der Waals surface area (Å²) in [4.78, 5) is 55.6. The Morgan fingerprint density at radius 1 is 1.14 bits per heavy atom. The van der Waals surface area contributed by atoms with E-state index in [9.17, 15) is 23.6 Å². The number of thiophene rings is 1. The molecule has 3 N–H and O–H groups in total. The van der Waals surface area contributed by atoms with Gasteiger partial charge in [-0.25, -0.2) is 18.5 Å². The molecule has 1 amide bonds. The van der Waals surface area contributed by atoms with Crippen LogP contribution < -0.4 is 22.3 Å². The molecule has 10 nitrogen and oxygen atoms in total. The zero-order valence-corrected chi connectivity index (χ0v) is 19.9. The fourth-order valence-electron chi connectivity index (χ4n) is 3.68. The quantitative estimate of drug-likeness (QED) is 0.320. The van der Waals surface area contributed by atoms with Crippen LogP contribution in [0, 0.1) is 12.7 Å². The van der Waals surface area contributed by atoms with Crippen molar-refractivity contribution >= 4 is 39.7 Å². The highest BCUT2D eigenvalue weighted by molar-refractivity contribution is 7.16. The number of benzene rings is 2. The Balaban J connectivity index is 1.47. The van der Waals surface area contributed by atoms with Crippen molar-refractivity contribution in [3.05, 3.63) is 112 Å². The Morgan fingerprint density at radius 3 is 2.53 bits per heavy atom. The molecule has 0 aliphatic rings. The number of nitrogens with zero attached hydrogens (tertiary/aromatic N) is 2. The summed E-state index contributed by atoms with van der Waals surface area (Å²) >= 11 is 7.20. The predicted molar refractivity (Wildman–Crippen MR) is 131 cm³/mol. The first-order valence-electron chi connectivity index (χ1n) is 10.4. The molecule has 0 spiro atoms. The standard InChI is InChI=1S/C23H15ClFN5O5S/c1-10-8-15-13(9-14(10)25)21(32)30(22(33)26-15)12-4-2-11(3-5-12)20(31)27-18(16-6-7-17(24)36-16)19-28-23(34)35-29-19/h2-9,18H,1H3,(H,26,33)(H,27,31)(H,28,29,34). The maximum atomic E-state index is 14.0. The van der Waals surface area contributed by atoms with Gasteiger partial charge in [-0.3, -0.25) is 19.1 Å². The lowest BCUT2D eigenvalue weighted by Crippen LogP contribution is -2.34. The summed E-state index contributed by atoms with van der Waals surface area (Å²) in [5.74, 6) is -1.80. The minimum Gasteiger partial charge on any atom is -0.337 e. The van der Waals surface area contributed by atoms with Gasteiger partial charge in [0.25, 0.3) is 11.5 Å². The first-order chi connectivity index (χ1) is 17.2. The van der Waals surface area contributed by atoms with Crippen LogP contribution >= 0.6 is 22.9 Å². The Hall–Kier alpha value is -4.29. The van der Waals surface area contributed by atoms with E-state index in [0.717, 1.165) is 10.6 Å². The maximum absolute atomic E-state index is 14.0. The highest BCUT2D eigenvalue weighted by Gasteiger charge is 2.24. The van der Waals surface area contributed by atoms with Crippen LogP contribution in [0.5, 0.6) is 0 Å². The second kappa shape index (κ2) is 9.06. The molecular formula is C23H15ClFN5O5S. The highest BCUT2D eigenvalue weighted by atomic mass is 35.5. The van der Waals surface area contributed by atoms with Crippen LogP contribution in [-0.4, -0.2) is 25.6 Å². The smallest absolute Gasteiger partial charge is 0.337 e. The zero-order valence-electron chi connectivity index (χ0n) is 18.3. The lowest BCUT2D eigenvalue weighted by Gasteiger charge is -2.14. The van der Waals surface area contributed by atoms with Crippen LogP contribution in [0.15, 0.2) is 67.4 Å². The Bertz CT molecular complexity index is 1800. The molecule has 0 saturated heterocycles. The molecule has 3 aromatic heterocycles. The van der Waals surface area contributed by atoms with Crippen molar-refractivity contribution < 1.29 is 13.7 Å². The minimum absolute atomic E-state index is 0.0126. The summed E-state index contributed by atoms with van der Waals surface area (Å²) in [6.45, 7) is 1.53. The van der Waals surface area contributed by atoms with Crippen LogP contribution in [0.4, 0.5) is 4.39 Å². The van der Waals surface area contributed by atoms with Crippen molar-refractivity contribution in [2.75, 3.05) is 0 Å². The number of aromatic nitrogens is 4. The van der Waals surface area contributed by atoms with Gasteiger partial charge in [0.1, 0.15) is 11.9 Å². The molecule has 2 aromatic carbocycles. The van der Waals surface area contributed by atoms with Gasteiger partial charge in [0.05, 0.1) is 20.9 Å². The number of halogens is 2. The summed E-state index contributed by atoms with van der Waals surface area (Å²) in [5, 5.41) is 6.43. The lowest BCUT2D eigenvalue weighted by atomic mass is 10.1. The number of carbonyl (C=O) groups excluding carboxylic acids is 1. The zero-order chi connectivity index (χ0) is 25.6. The molecule has 0 radical (unpaired) electrons. The third-order valence-electron chi connectivity index (χ3n) is 5.45. The normalized spacial score (nSPS) is 12.1. The molecular weight excluding hydrogens is 513 g/mol. The Kier molecular flexibility index (Phi) is 5.90. The van der Waals surface area contributed by atoms with E-state index in [2.05, 4.69) is 25.0 Å². The molecule has 5 aromatic rings. The number of aromatic amines is 2. The molecule has 0 aliphatic carbocycles. The predicted octanol–water partition coefficient (Wildman–Crippen LogP) is 3.04. The van der Waals surface area contributed by atoms with Crippen LogP contribution in [0.2, 0.25) is 4.34 Å². The van der Waals surface area contributed by atoms with Gasteiger partial charge >= 0.3 is 11.4 Å². The number of aryl methyl sites for hydroxylation is 1. The first-order valence-corrected chi connectivity index (χ1v) is 11.6. The second-order valence-electron chi connectivity index (χ2n) is 7.79. The monoisotopic (exact) mass is 527 g/mol. The van der Waals surface area contributed by atoms with Crippen LogP contribution in [0.1, 0.15) is 32.7 Å². The molecule has 1 unspecified atom stereocenters. The molecule has 36 heavy (non-hydrogen) atoms. The molecule has 5 rings (SSSR count). The van der Waals surface area contributed by atoms with Gasteiger partial charge in [-0.05, 0) is 61.0 Å². The topological polar surface area (TPSA) is 143 Å². The Morgan fingerprint density at radius 2 is 1.89 bits per heavy atom. The van der Waals surface area contributed by atoms with Gasteiger partial charge < -0.3 is 10.3 Å². The third kappa shape index (κ3) is 4.27. The van der Waals surface area contributed by atoms with Gasteiger partial charge in [-0.2, -0.15) is 0 Å². The molecule has 13 heteroatoms. The minimum atomic E-state index is -0.842. The SMILES string of the molecule is Cc1cc2[nH]c(=O)n(-c3ccc(C(=O)NC(c4noc(=O)[nH]4)c4ccc(Cl)s4)cc3)c(=O)c2cc1F. The summed E-state index contributed by atoms with van der Waals surface area (Å²) in [6, 6.07) is 10.6. The molecule has 0 aliphatic heterocycles. The van der Waals surface area contributed by atoms with Crippen molar-refractivity contribution in [3.63, 3.8) is 0 Å². The molecule has 1 atom stereocenters. The molecule has 0 fully saturated rings. The number of amides is 1. The van der Waals surface area contributed by atoms with Crippen molar-refractivity contribution in [1.29, 1.82) is 0 Å². The highest BCUT2D eigenvalue weighted by Crippen LogP contribution is 2.29. The number of carbonyl (C=O) groups is 1. The number of nitrogens with one attached hydrogen (secondary N) is 3. The lowest BCUT2D eigenvalue weighted by molar-refractivity contribution is 0.0941. The van der Waals surface area contributed by atoms with Gasteiger partial charge in [0.15, 0.2) is 5.82 Å². The van der Waals surface area contributed by atoms with Gasteiger partial charge in [-0.1, -0.05) is 16.8 Å². The van der Waals surface area contributed by atoms with Crippen molar-refractivity contribution in [2.24, 2.45) is 0 Å². The molecule has 3 heterocycles. The summed E-state index contributed by atoms with van der Waals surface area (Å²) in [6.07, 6.45) is 0. The fraction of sp³-hybridized carbons (Fsp3) is 0.0870. The van der Waals surface area contributed by atoms with E-state index in [4.69, 9.17) is 11.6 Å². The van der Waals surface area contributed by atoms with E-state index in [0.29, 0.717) is 14.8 Å². The van der Waals surface area contributed by atoms with E-state index < -0.39 is 34.8 Å². The summed E-state index contributed by atoms with van der Waals surface area (Å²) in [5.41, 5.74) is -0.507.